The number of quaternary nitrogens is 1. The summed E-state index contributed by atoms with van der Waals surface area (Å²) in [7, 11) is 0. The van der Waals surface area contributed by atoms with Crippen molar-refractivity contribution >= 4 is 46.2 Å². The van der Waals surface area contributed by atoms with E-state index in [9.17, 15) is 0 Å². The van der Waals surface area contributed by atoms with Crippen LogP contribution in [-0.4, -0.2) is 30.8 Å². The summed E-state index contributed by atoms with van der Waals surface area (Å²) in [4.78, 5) is 1.70. The summed E-state index contributed by atoms with van der Waals surface area (Å²) in [6.45, 7) is 3.81. The van der Waals surface area contributed by atoms with Crippen molar-refractivity contribution in [3.63, 3.8) is 0 Å². The van der Waals surface area contributed by atoms with E-state index in [2.05, 4.69) is 10.6 Å². The normalized spacial score (nSPS) is 28.2. The Labute approximate surface area is 134 Å². The lowest BCUT2D eigenvalue weighted by Gasteiger charge is -2.42. The molecule has 108 valence electrons. The van der Waals surface area contributed by atoms with Crippen molar-refractivity contribution in [3.05, 3.63) is 28.2 Å². The molecule has 3 saturated heterocycles. The molecule has 3 fully saturated rings. The zero-order chi connectivity index (χ0) is 14.1. The van der Waals surface area contributed by atoms with Crippen molar-refractivity contribution in [3.8, 4) is 0 Å². The highest BCUT2D eigenvalue weighted by molar-refractivity contribution is 7.80. The van der Waals surface area contributed by atoms with Crippen LogP contribution in [-0.2, 0) is 0 Å². The summed E-state index contributed by atoms with van der Waals surface area (Å²) in [6, 6.07) is 5.94. The number of hydrogen-bond acceptors (Lipinski definition) is 1. The maximum absolute atomic E-state index is 6.00. The van der Waals surface area contributed by atoms with E-state index >= 15 is 0 Å². The molecule has 4 rings (SSSR count). The largest absolute Gasteiger partial charge is 0.354 e. The van der Waals surface area contributed by atoms with Crippen LogP contribution in [0, 0.1) is 5.92 Å². The van der Waals surface area contributed by atoms with Gasteiger partial charge in [-0.2, -0.15) is 0 Å². The molecule has 2 bridgehead atoms. The fourth-order valence-electron chi connectivity index (χ4n) is 3.21. The minimum atomic E-state index is 0.496. The van der Waals surface area contributed by atoms with E-state index < -0.39 is 0 Å². The van der Waals surface area contributed by atoms with Gasteiger partial charge in [0.1, 0.15) is 0 Å². The van der Waals surface area contributed by atoms with E-state index in [0.29, 0.717) is 21.2 Å². The minimum absolute atomic E-state index is 0.496. The van der Waals surface area contributed by atoms with Crippen LogP contribution in [0.1, 0.15) is 12.8 Å². The van der Waals surface area contributed by atoms with E-state index in [1.54, 1.807) is 17.0 Å². The molecule has 3 aliphatic rings. The molecule has 3 N–H and O–H groups in total. The molecular formula is C14H18Cl2N3S+. The van der Waals surface area contributed by atoms with Gasteiger partial charge in [0.25, 0.3) is 0 Å². The number of rotatable bonds is 2. The van der Waals surface area contributed by atoms with E-state index in [-0.39, 0.29) is 0 Å². The number of benzene rings is 1. The van der Waals surface area contributed by atoms with Crippen LogP contribution < -0.4 is 15.5 Å². The van der Waals surface area contributed by atoms with E-state index in [1.165, 1.54) is 32.5 Å². The van der Waals surface area contributed by atoms with Gasteiger partial charge in [0.05, 0.1) is 35.7 Å². The Bertz CT molecular complexity index is 515. The molecule has 0 spiro atoms. The van der Waals surface area contributed by atoms with Crippen LogP contribution in [0.5, 0.6) is 0 Å². The first-order chi connectivity index (χ1) is 9.61. The zero-order valence-electron chi connectivity index (χ0n) is 11.1. The number of piperidine rings is 3. The second-order valence-corrected chi connectivity index (χ2v) is 6.85. The van der Waals surface area contributed by atoms with Gasteiger partial charge in [-0.1, -0.05) is 23.2 Å². The molecule has 0 unspecified atom stereocenters. The van der Waals surface area contributed by atoms with Gasteiger partial charge in [0.2, 0.25) is 0 Å². The Kier molecular flexibility index (Phi) is 4.36. The van der Waals surface area contributed by atoms with Gasteiger partial charge in [-0.3, -0.25) is 0 Å². The molecular weight excluding hydrogens is 313 g/mol. The van der Waals surface area contributed by atoms with Crippen LogP contribution in [0.4, 0.5) is 5.69 Å². The quantitative estimate of drug-likeness (QED) is 0.724. The van der Waals surface area contributed by atoms with Crippen LogP contribution >= 0.6 is 35.4 Å². The fourth-order valence-corrected chi connectivity index (χ4v) is 3.78. The minimum Gasteiger partial charge on any atom is -0.354 e. The van der Waals surface area contributed by atoms with Crippen LogP contribution in [0.25, 0.3) is 0 Å². The average molecular weight is 331 g/mol. The monoisotopic (exact) mass is 330 g/mol. The lowest BCUT2D eigenvalue weighted by molar-refractivity contribution is -0.917. The average Bonchev–Trinajstić information content (AvgIpc) is 2.44. The van der Waals surface area contributed by atoms with Crippen molar-refractivity contribution < 1.29 is 4.90 Å². The third-order valence-corrected chi connectivity index (χ3v) is 5.27. The molecule has 1 aromatic carbocycles. The summed E-state index contributed by atoms with van der Waals surface area (Å²) < 4.78 is 0. The van der Waals surface area contributed by atoms with Gasteiger partial charge in [0, 0.05) is 18.5 Å². The SMILES string of the molecule is S=C(Nc1ccc(Cl)c(Cl)c1)N[C@@H]1C[NH+]2CCC1CC2. The Balaban J connectivity index is 1.58. The molecule has 0 radical (unpaired) electrons. The van der Waals surface area contributed by atoms with Crippen molar-refractivity contribution in [1.82, 2.24) is 5.32 Å². The smallest absolute Gasteiger partial charge is 0.171 e. The summed E-state index contributed by atoms with van der Waals surface area (Å²) in [6.07, 6.45) is 2.62. The fraction of sp³-hybridized carbons (Fsp3) is 0.500. The second-order valence-electron chi connectivity index (χ2n) is 5.63. The molecule has 0 saturated carbocycles. The molecule has 1 atom stereocenters. The van der Waals surface area contributed by atoms with Crippen LogP contribution in [0.15, 0.2) is 18.2 Å². The molecule has 3 nitrogen and oxygen atoms in total. The predicted molar refractivity (Wildman–Crippen MR) is 87.9 cm³/mol. The van der Waals surface area contributed by atoms with Gasteiger partial charge in [-0.05, 0) is 36.3 Å². The molecule has 1 aromatic rings. The predicted octanol–water partition coefficient (Wildman–Crippen LogP) is 1.96. The molecule has 3 heterocycles. The highest BCUT2D eigenvalue weighted by Gasteiger charge is 2.37. The topological polar surface area (TPSA) is 28.5 Å². The number of hydrogen-bond donors (Lipinski definition) is 3. The second kappa shape index (κ2) is 6.06. The first-order valence-corrected chi connectivity index (χ1v) is 8.14. The van der Waals surface area contributed by atoms with Gasteiger partial charge in [-0.25, -0.2) is 0 Å². The maximum Gasteiger partial charge on any atom is 0.171 e. The van der Waals surface area contributed by atoms with Crippen molar-refractivity contribution in [2.45, 2.75) is 18.9 Å². The molecule has 0 aliphatic carbocycles. The molecule has 0 amide bonds. The van der Waals surface area contributed by atoms with Gasteiger partial charge >= 0.3 is 0 Å². The summed E-state index contributed by atoms with van der Waals surface area (Å²) in [5.41, 5.74) is 0.866. The highest BCUT2D eigenvalue weighted by Crippen LogP contribution is 2.25. The van der Waals surface area contributed by atoms with Gasteiger partial charge in [0.15, 0.2) is 5.11 Å². The maximum atomic E-state index is 6.00. The van der Waals surface area contributed by atoms with Crippen molar-refractivity contribution in [2.75, 3.05) is 25.0 Å². The lowest BCUT2D eigenvalue weighted by atomic mass is 9.84. The van der Waals surface area contributed by atoms with E-state index in [1.807, 2.05) is 6.07 Å². The number of fused-ring (bicyclic) bond motifs is 3. The standard InChI is InChI=1S/C14H17Cl2N3S/c15-11-2-1-10(7-12(11)16)17-14(20)18-13-8-19-5-3-9(13)4-6-19/h1-2,7,9,13H,3-6,8H2,(H2,17,18,20)/p+1/t13-/m1/s1. The molecule has 20 heavy (non-hydrogen) atoms. The Hall–Kier alpha value is -0.550. The lowest BCUT2D eigenvalue weighted by Crippen LogP contribution is -3.17. The number of thiocarbonyl (C=S) groups is 1. The van der Waals surface area contributed by atoms with E-state index in [4.69, 9.17) is 35.4 Å². The first-order valence-electron chi connectivity index (χ1n) is 6.98. The van der Waals surface area contributed by atoms with Crippen molar-refractivity contribution in [1.29, 1.82) is 0 Å². The Morgan fingerprint density at radius 1 is 1.20 bits per heavy atom. The third kappa shape index (κ3) is 3.19. The molecule has 3 aliphatic heterocycles. The Morgan fingerprint density at radius 2 is 1.95 bits per heavy atom. The zero-order valence-corrected chi connectivity index (χ0v) is 13.4. The van der Waals surface area contributed by atoms with Crippen molar-refractivity contribution in [2.24, 2.45) is 5.92 Å². The van der Waals surface area contributed by atoms with Gasteiger partial charge < -0.3 is 15.5 Å². The highest BCUT2D eigenvalue weighted by atomic mass is 35.5. The van der Waals surface area contributed by atoms with Crippen LogP contribution in [0.3, 0.4) is 0 Å². The number of nitrogens with one attached hydrogen (secondary N) is 3. The molecule has 6 heteroatoms. The Morgan fingerprint density at radius 3 is 2.55 bits per heavy atom. The summed E-state index contributed by atoms with van der Waals surface area (Å²) >= 11 is 17.3. The molecule has 0 aromatic heterocycles. The van der Waals surface area contributed by atoms with Crippen LogP contribution in [0.2, 0.25) is 10.0 Å². The van der Waals surface area contributed by atoms with E-state index in [0.717, 1.165) is 11.6 Å². The first kappa shape index (κ1) is 14.4. The van der Waals surface area contributed by atoms with Gasteiger partial charge in [-0.15, -0.1) is 0 Å². The third-order valence-electron chi connectivity index (χ3n) is 4.31. The number of halogens is 2. The summed E-state index contributed by atoms with van der Waals surface area (Å²) in [5, 5.41) is 8.40. The number of anilines is 1. The summed E-state index contributed by atoms with van der Waals surface area (Å²) in [5.74, 6) is 0.765.